The second-order valence-corrected chi connectivity index (χ2v) is 4.51. The van der Waals surface area contributed by atoms with Crippen LogP contribution in [0.15, 0.2) is 60.1 Å². The molecule has 2 aromatic carbocycles. The zero-order valence-corrected chi connectivity index (χ0v) is 10.5. The van der Waals surface area contributed by atoms with Gasteiger partial charge in [0.05, 0.1) is 17.8 Å². The van der Waals surface area contributed by atoms with Gasteiger partial charge in [-0.15, -0.1) is 0 Å². The molecule has 0 saturated heterocycles. The normalized spacial score (nSPS) is 13.7. The minimum Gasteiger partial charge on any atom is -0.294 e. The third kappa shape index (κ3) is 2.13. The van der Waals surface area contributed by atoms with Crippen LogP contribution in [0.25, 0.3) is 6.08 Å². The first-order chi connectivity index (χ1) is 9.28. The summed E-state index contributed by atoms with van der Waals surface area (Å²) in [5.41, 5.74) is 4.24. The van der Waals surface area contributed by atoms with E-state index in [4.69, 9.17) is 0 Å². The Labute approximate surface area is 112 Å². The molecule has 0 N–H and O–H groups in total. The van der Waals surface area contributed by atoms with Gasteiger partial charge in [0.1, 0.15) is 0 Å². The van der Waals surface area contributed by atoms with Gasteiger partial charge >= 0.3 is 0 Å². The lowest BCUT2D eigenvalue weighted by molar-refractivity contribution is 0.1000. The maximum atomic E-state index is 12.2. The minimum atomic E-state index is 0.118. The standard InChI is InChI=1S/C17H13NO/c1-2-12-8-9-15-14(10-12)17(19)11-16(18-15)13-6-4-3-5-7-13/h2-10H,1,11H2. The number of nitrogens with zero attached hydrogens (tertiary/aromatic N) is 1. The number of hydrogen-bond donors (Lipinski definition) is 0. The Kier molecular flexibility index (Phi) is 2.84. The lowest BCUT2D eigenvalue weighted by Gasteiger charge is -2.15. The van der Waals surface area contributed by atoms with Gasteiger partial charge < -0.3 is 0 Å². The third-order valence-electron chi connectivity index (χ3n) is 3.25. The summed E-state index contributed by atoms with van der Waals surface area (Å²) in [7, 11) is 0. The summed E-state index contributed by atoms with van der Waals surface area (Å²) in [5.74, 6) is 0.118. The zero-order valence-electron chi connectivity index (χ0n) is 10.5. The molecule has 0 unspecified atom stereocenters. The Bertz CT molecular complexity index is 684. The van der Waals surface area contributed by atoms with E-state index < -0.39 is 0 Å². The first-order valence-electron chi connectivity index (χ1n) is 6.20. The van der Waals surface area contributed by atoms with E-state index in [1.807, 2.05) is 48.5 Å². The Morgan fingerprint density at radius 1 is 1.11 bits per heavy atom. The van der Waals surface area contributed by atoms with Crippen LogP contribution < -0.4 is 0 Å². The SMILES string of the molecule is C=Cc1ccc2c(c1)C(=O)CC(c1ccccc1)=N2. The number of Topliss-reactive ketones (excluding diaryl/α,β-unsaturated/α-hetero) is 1. The summed E-state index contributed by atoms with van der Waals surface area (Å²) in [6, 6.07) is 15.5. The average molecular weight is 247 g/mol. The summed E-state index contributed by atoms with van der Waals surface area (Å²) in [4.78, 5) is 16.8. The molecule has 1 aliphatic heterocycles. The molecule has 0 radical (unpaired) electrons. The third-order valence-corrected chi connectivity index (χ3v) is 3.25. The summed E-state index contributed by atoms with van der Waals surface area (Å²) >= 11 is 0. The number of benzene rings is 2. The number of hydrogen-bond acceptors (Lipinski definition) is 2. The zero-order chi connectivity index (χ0) is 13.2. The highest BCUT2D eigenvalue weighted by Crippen LogP contribution is 2.28. The summed E-state index contributed by atoms with van der Waals surface area (Å²) in [6.07, 6.45) is 2.10. The molecule has 92 valence electrons. The smallest absolute Gasteiger partial charge is 0.171 e. The van der Waals surface area contributed by atoms with Crippen molar-refractivity contribution < 1.29 is 4.79 Å². The maximum absolute atomic E-state index is 12.2. The molecule has 19 heavy (non-hydrogen) atoms. The number of aliphatic imine (C=N–C) groups is 1. The molecule has 2 nitrogen and oxygen atoms in total. The van der Waals surface area contributed by atoms with Crippen LogP contribution >= 0.6 is 0 Å². The highest BCUT2D eigenvalue weighted by Gasteiger charge is 2.20. The van der Waals surface area contributed by atoms with Crippen molar-refractivity contribution >= 4 is 23.3 Å². The second-order valence-electron chi connectivity index (χ2n) is 4.51. The van der Waals surface area contributed by atoms with Gasteiger partial charge in [-0.3, -0.25) is 9.79 Å². The van der Waals surface area contributed by atoms with Crippen molar-refractivity contribution in [2.75, 3.05) is 0 Å². The van der Waals surface area contributed by atoms with Gasteiger partial charge in [-0.1, -0.05) is 49.1 Å². The number of carbonyl (C=O) groups is 1. The summed E-state index contributed by atoms with van der Waals surface area (Å²) in [6.45, 7) is 3.72. The highest BCUT2D eigenvalue weighted by atomic mass is 16.1. The predicted molar refractivity (Wildman–Crippen MR) is 78.1 cm³/mol. The van der Waals surface area contributed by atoms with E-state index in [-0.39, 0.29) is 5.78 Å². The van der Waals surface area contributed by atoms with Crippen LogP contribution in [0.2, 0.25) is 0 Å². The van der Waals surface area contributed by atoms with Crippen LogP contribution in [0.4, 0.5) is 5.69 Å². The Balaban J connectivity index is 2.10. The number of fused-ring (bicyclic) bond motifs is 1. The van der Waals surface area contributed by atoms with Gasteiger partial charge in [0.2, 0.25) is 0 Å². The molecule has 0 aliphatic carbocycles. The quantitative estimate of drug-likeness (QED) is 0.787. The maximum Gasteiger partial charge on any atom is 0.171 e. The van der Waals surface area contributed by atoms with Crippen molar-refractivity contribution in [1.82, 2.24) is 0 Å². The van der Waals surface area contributed by atoms with E-state index in [1.165, 1.54) is 0 Å². The van der Waals surface area contributed by atoms with E-state index >= 15 is 0 Å². The number of carbonyl (C=O) groups excluding carboxylic acids is 1. The van der Waals surface area contributed by atoms with Gasteiger partial charge in [-0.05, 0) is 23.3 Å². The van der Waals surface area contributed by atoms with Crippen LogP contribution in [-0.4, -0.2) is 11.5 Å². The molecule has 0 fully saturated rings. The van der Waals surface area contributed by atoms with Crippen molar-refractivity contribution in [3.8, 4) is 0 Å². The summed E-state index contributed by atoms with van der Waals surface area (Å²) < 4.78 is 0. The van der Waals surface area contributed by atoms with Crippen LogP contribution in [0.3, 0.4) is 0 Å². The van der Waals surface area contributed by atoms with E-state index in [0.29, 0.717) is 12.0 Å². The van der Waals surface area contributed by atoms with Crippen LogP contribution in [0, 0.1) is 0 Å². The van der Waals surface area contributed by atoms with Crippen LogP contribution in [0.1, 0.15) is 27.9 Å². The van der Waals surface area contributed by atoms with Gasteiger partial charge in [0.25, 0.3) is 0 Å². The molecule has 0 saturated carbocycles. The monoisotopic (exact) mass is 247 g/mol. The van der Waals surface area contributed by atoms with Crippen molar-refractivity contribution in [3.63, 3.8) is 0 Å². The van der Waals surface area contributed by atoms with Crippen molar-refractivity contribution in [1.29, 1.82) is 0 Å². The lowest BCUT2D eigenvalue weighted by atomic mass is 9.95. The Morgan fingerprint density at radius 3 is 2.63 bits per heavy atom. The van der Waals surface area contributed by atoms with Crippen molar-refractivity contribution in [3.05, 3.63) is 71.8 Å². The molecule has 0 aromatic heterocycles. The molecular formula is C17H13NO. The molecule has 0 spiro atoms. The molecule has 0 amide bonds. The first-order valence-corrected chi connectivity index (χ1v) is 6.20. The van der Waals surface area contributed by atoms with Gasteiger partial charge in [-0.25, -0.2) is 0 Å². The predicted octanol–water partition coefficient (Wildman–Crippen LogP) is 4.04. The molecule has 1 heterocycles. The second kappa shape index (κ2) is 4.65. The lowest BCUT2D eigenvalue weighted by Crippen LogP contribution is -2.14. The van der Waals surface area contributed by atoms with Crippen molar-refractivity contribution in [2.24, 2.45) is 4.99 Å². The Hall–Kier alpha value is -2.48. The van der Waals surface area contributed by atoms with Crippen molar-refractivity contribution in [2.45, 2.75) is 6.42 Å². The minimum absolute atomic E-state index is 0.118. The van der Waals surface area contributed by atoms with E-state index in [1.54, 1.807) is 6.08 Å². The molecule has 0 atom stereocenters. The fraction of sp³-hybridized carbons (Fsp3) is 0.0588. The molecule has 2 heteroatoms. The molecular weight excluding hydrogens is 234 g/mol. The van der Waals surface area contributed by atoms with E-state index in [2.05, 4.69) is 11.6 Å². The molecule has 0 bridgehead atoms. The number of rotatable bonds is 2. The van der Waals surface area contributed by atoms with E-state index in [9.17, 15) is 4.79 Å². The van der Waals surface area contributed by atoms with Gasteiger partial charge in [0, 0.05) is 5.56 Å². The first kappa shape index (κ1) is 11.6. The average Bonchev–Trinajstić information content (AvgIpc) is 2.48. The molecule has 3 rings (SSSR count). The largest absolute Gasteiger partial charge is 0.294 e. The van der Waals surface area contributed by atoms with Gasteiger partial charge in [0.15, 0.2) is 5.78 Å². The molecule has 2 aromatic rings. The fourth-order valence-corrected chi connectivity index (χ4v) is 2.23. The highest BCUT2D eigenvalue weighted by molar-refractivity contribution is 6.21. The van der Waals surface area contributed by atoms with Gasteiger partial charge in [-0.2, -0.15) is 0 Å². The van der Waals surface area contributed by atoms with Crippen LogP contribution in [0.5, 0.6) is 0 Å². The fourth-order valence-electron chi connectivity index (χ4n) is 2.23. The van der Waals surface area contributed by atoms with E-state index in [0.717, 1.165) is 22.5 Å². The molecule has 1 aliphatic rings. The topological polar surface area (TPSA) is 29.4 Å². The summed E-state index contributed by atoms with van der Waals surface area (Å²) in [5, 5.41) is 0. The Morgan fingerprint density at radius 2 is 1.89 bits per heavy atom. The van der Waals surface area contributed by atoms with Crippen LogP contribution in [-0.2, 0) is 0 Å². The number of ketones is 1.